The van der Waals surface area contributed by atoms with Crippen LogP contribution < -0.4 is 4.74 Å². The molecule has 1 heterocycles. The summed E-state index contributed by atoms with van der Waals surface area (Å²) in [6.45, 7) is 10.5. The fourth-order valence-corrected chi connectivity index (χ4v) is 3.93. The lowest BCUT2D eigenvalue weighted by molar-refractivity contribution is 0.0719. The van der Waals surface area contributed by atoms with Gasteiger partial charge in [0.1, 0.15) is 11.5 Å². The molecular formula is C28H36N2O3. The SMILES string of the molecule is CCCN(CCC)C(=O)c1ccc(CN(Cc2ccccc2)Cc2ccc(OCC)cc2)o1. The monoisotopic (exact) mass is 448 g/mol. The maximum atomic E-state index is 12.9. The minimum atomic E-state index is -0.0222. The first-order valence-electron chi connectivity index (χ1n) is 12.0. The molecule has 0 fully saturated rings. The van der Waals surface area contributed by atoms with Crippen LogP contribution in [0.15, 0.2) is 71.1 Å². The van der Waals surface area contributed by atoms with E-state index in [0.29, 0.717) is 18.9 Å². The predicted octanol–water partition coefficient (Wildman–Crippen LogP) is 6.14. The summed E-state index contributed by atoms with van der Waals surface area (Å²) in [7, 11) is 0. The number of nitrogens with zero attached hydrogens (tertiary/aromatic N) is 2. The molecule has 0 unspecified atom stereocenters. The predicted molar refractivity (Wildman–Crippen MR) is 132 cm³/mol. The van der Waals surface area contributed by atoms with Gasteiger partial charge in [-0.25, -0.2) is 0 Å². The lowest BCUT2D eigenvalue weighted by Gasteiger charge is -2.22. The van der Waals surface area contributed by atoms with Crippen LogP contribution in [0.2, 0.25) is 0 Å². The standard InChI is InChI=1S/C28H36N2O3/c1-4-18-30(19-5-2)28(31)27-17-16-26(33-27)22-29(20-23-10-8-7-9-11-23)21-24-12-14-25(15-13-24)32-6-3/h7-17H,4-6,18-22H2,1-3H3. The van der Waals surface area contributed by atoms with Crippen LogP contribution in [-0.2, 0) is 19.6 Å². The lowest BCUT2D eigenvalue weighted by Crippen LogP contribution is -2.32. The van der Waals surface area contributed by atoms with Crippen molar-refractivity contribution < 1.29 is 13.9 Å². The number of benzene rings is 2. The van der Waals surface area contributed by atoms with Crippen molar-refractivity contribution in [2.75, 3.05) is 19.7 Å². The number of hydrogen-bond donors (Lipinski definition) is 0. The minimum absolute atomic E-state index is 0.0222. The number of hydrogen-bond acceptors (Lipinski definition) is 4. The Hall–Kier alpha value is -3.05. The van der Waals surface area contributed by atoms with E-state index in [2.05, 4.69) is 55.1 Å². The van der Waals surface area contributed by atoms with Gasteiger partial charge in [0.05, 0.1) is 13.2 Å². The molecule has 0 spiro atoms. The highest BCUT2D eigenvalue weighted by atomic mass is 16.5. The van der Waals surface area contributed by atoms with E-state index in [1.54, 1.807) is 0 Å². The molecule has 176 valence electrons. The Morgan fingerprint density at radius 1 is 0.788 bits per heavy atom. The van der Waals surface area contributed by atoms with Gasteiger partial charge in [-0.2, -0.15) is 0 Å². The smallest absolute Gasteiger partial charge is 0.289 e. The van der Waals surface area contributed by atoms with Crippen LogP contribution in [0, 0.1) is 0 Å². The first kappa shape index (κ1) is 24.6. The van der Waals surface area contributed by atoms with Crippen LogP contribution in [0.4, 0.5) is 0 Å². The summed E-state index contributed by atoms with van der Waals surface area (Å²) in [5.74, 6) is 2.08. The van der Waals surface area contributed by atoms with Gasteiger partial charge in [0.2, 0.25) is 0 Å². The second-order valence-corrected chi connectivity index (χ2v) is 8.27. The summed E-state index contributed by atoms with van der Waals surface area (Å²) in [4.78, 5) is 17.1. The number of amides is 1. The van der Waals surface area contributed by atoms with Crippen molar-refractivity contribution in [2.45, 2.75) is 53.2 Å². The van der Waals surface area contributed by atoms with Gasteiger partial charge in [0.25, 0.3) is 5.91 Å². The highest BCUT2D eigenvalue weighted by Crippen LogP contribution is 2.19. The fourth-order valence-electron chi connectivity index (χ4n) is 3.93. The first-order valence-corrected chi connectivity index (χ1v) is 12.0. The Balaban J connectivity index is 1.73. The van der Waals surface area contributed by atoms with Gasteiger partial charge in [0, 0.05) is 26.2 Å². The van der Waals surface area contributed by atoms with Crippen molar-refractivity contribution in [1.82, 2.24) is 9.80 Å². The number of ether oxygens (including phenoxy) is 1. The normalized spacial score (nSPS) is 11.0. The Bertz CT molecular complexity index is 960. The topological polar surface area (TPSA) is 45.9 Å². The molecular weight excluding hydrogens is 412 g/mol. The summed E-state index contributed by atoms with van der Waals surface area (Å²) in [6.07, 6.45) is 1.87. The third kappa shape index (κ3) is 7.50. The molecule has 3 rings (SSSR count). The Kier molecular flexibility index (Phi) is 9.58. The second kappa shape index (κ2) is 12.9. The quantitative estimate of drug-likeness (QED) is 0.315. The molecule has 2 aromatic carbocycles. The molecule has 1 amide bonds. The van der Waals surface area contributed by atoms with Crippen LogP contribution >= 0.6 is 0 Å². The maximum Gasteiger partial charge on any atom is 0.289 e. The van der Waals surface area contributed by atoms with Gasteiger partial charge in [-0.05, 0) is 55.2 Å². The minimum Gasteiger partial charge on any atom is -0.494 e. The summed E-state index contributed by atoms with van der Waals surface area (Å²) in [5.41, 5.74) is 2.44. The molecule has 0 saturated carbocycles. The van der Waals surface area contributed by atoms with Crippen molar-refractivity contribution in [3.63, 3.8) is 0 Å². The maximum absolute atomic E-state index is 12.9. The molecule has 0 bridgehead atoms. The molecule has 0 N–H and O–H groups in total. The summed E-state index contributed by atoms with van der Waals surface area (Å²) in [6, 6.07) is 22.4. The Morgan fingerprint density at radius 2 is 1.42 bits per heavy atom. The number of furan rings is 1. The molecule has 1 aromatic heterocycles. The van der Waals surface area contributed by atoms with Crippen molar-refractivity contribution in [1.29, 1.82) is 0 Å². The number of carbonyl (C=O) groups is 1. The van der Waals surface area contributed by atoms with E-state index in [1.807, 2.05) is 42.2 Å². The van der Waals surface area contributed by atoms with Crippen molar-refractivity contribution in [3.8, 4) is 5.75 Å². The van der Waals surface area contributed by atoms with E-state index in [9.17, 15) is 4.79 Å². The Morgan fingerprint density at radius 3 is 2.03 bits per heavy atom. The van der Waals surface area contributed by atoms with Crippen molar-refractivity contribution in [2.24, 2.45) is 0 Å². The third-order valence-electron chi connectivity index (χ3n) is 5.42. The summed E-state index contributed by atoms with van der Waals surface area (Å²) >= 11 is 0. The van der Waals surface area contributed by atoms with Gasteiger partial charge in [-0.3, -0.25) is 9.69 Å². The van der Waals surface area contributed by atoms with Gasteiger partial charge < -0.3 is 14.1 Å². The molecule has 0 saturated heterocycles. The zero-order valence-corrected chi connectivity index (χ0v) is 20.1. The zero-order valence-electron chi connectivity index (χ0n) is 20.1. The van der Waals surface area contributed by atoms with E-state index in [-0.39, 0.29) is 5.91 Å². The zero-order chi connectivity index (χ0) is 23.5. The average Bonchev–Trinajstić information content (AvgIpc) is 3.29. The van der Waals surface area contributed by atoms with Gasteiger partial charge >= 0.3 is 0 Å². The molecule has 5 nitrogen and oxygen atoms in total. The first-order chi connectivity index (χ1) is 16.1. The molecule has 0 aliphatic heterocycles. The van der Waals surface area contributed by atoms with Gasteiger partial charge in [-0.15, -0.1) is 0 Å². The van der Waals surface area contributed by atoms with Crippen LogP contribution in [0.3, 0.4) is 0 Å². The van der Waals surface area contributed by atoms with Crippen LogP contribution in [0.5, 0.6) is 5.75 Å². The molecule has 0 atom stereocenters. The fraction of sp³-hybridized carbons (Fsp3) is 0.393. The van der Waals surface area contributed by atoms with E-state index in [4.69, 9.17) is 9.15 Å². The van der Waals surface area contributed by atoms with E-state index >= 15 is 0 Å². The molecule has 5 heteroatoms. The number of carbonyl (C=O) groups excluding carboxylic acids is 1. The second-order valence-electron chi connectivity index (χ2n) is 8.27. The van der Waals surface area contributed by atoms with Crippen LogP contribution in [-0.4, -0.2) is 35.4 Å². The molecule has 0 radical (unpaired) electrons. The van der Waals surface area contributed by atoms with E-state index < -0.39 is 0 Å². The largest absolute Gasteiger partial charge is 0.494 e. The molecule has 0 aliphatic rings. The summed E-state index contributed by atoms with van der Waals surface area (Å²) < 4.78 is 11.6. The third-order valence-corrected chi connectivity index (χ3v) is 5.42. The van der Waals surface area contributed by atoms with Crippen LogP contribution in [0.25, 0.3) is 0 Å². The van der Waals surface area contributed by atoms with E-state index in [1.165, 1.54) is 11.1 Å². The highest BCUT2D eigenvalue weighted by Gasteiger charge is 2.19. The Labute approximate surface area is 198 Å². The van der Waals surface area contributed by atoms with E-state index in [0.717, 1.165) is 50.5 Å². The van der Waals surface area contributed by atoms with Crippen LogP contribution in [0.1, 0.15) is 61.1 Å². The van der Waals surface area contributed by atoms with Gasteiger partial charge in [-0.1, -0.05) is 56.3 Å². The molecule has 0 aliphatic carbocycles. The van der Waals surface area contributed by atoms with Crippen molar-refractivity contribution >= 4 is 5.91 Å². The van der Waals surface area contributed by atoms with Gasteiger partial charge in [0.15, 0.2) is 5.76 Å². The molecule has 3 aromatic rings. The number of rotatable bonds is 13. The summed E-state index contributed by atoms with van der Waals surface area (Å²) in [5, 5.41) is 0. The highest BCUT2D eigenvalue weighted by molar-refractivity contribution is 5.91. The average molecular weight is 449 g/mol. The molecule has 33 heavy (non-hydrogen) atoms. The lowest BCUT2D eigenvalue weighted by atomic mass is 10.1. The van der Waals surface area contributed by atoms with Crippen molar-refractivity contribution in [3.05, 3.63) is 89.4 Å².